The zero-order chi connectivity index (χ0) is 14.2. The molecule has 1 N–H and O–H groups in total. The average Bonchev–Trinajstić information content (AvgIpc) is 3.17. The van der Waals surface area contributed by atoms with E-state index in [1.54, 1.807) is 12.4 Å². The standard InChI is InChI=1S/C16H22N4O/c21-15(11-7-13-3-4-14(8-11)19-13)12-9-17-16(18-10-12)20-5-1-2-6-20/h9-11,13-14,19H,1-8H2. The minimum Gasteiger partial charge on any atom is -0.341 e. The Morgan fingerprint density at radius 3 is 2.33 bits per heavy atom. The van der Waals surface area contributed by atoms with Crippen molar-refractivity contribution in [1.29, 1.82) is 0 Å². The number of hydrogen-bond donors (Lipinski definition) is 1. The van der Waals surface area contributed by atoms with Crippen LogP contribution in [0, 0.1) is 5.92 Å². The molecular weight excluding hydrogens is 264 g/mol. The molecule has 0 aromatic carbocycles. The Labute approximate surface area is 125 Å². The van der Waals surface area contributed by atoms with Crippen molar-refractivity contribution >= 4 is 11.7 Å². The van der Waals surface area contributed by atoms with Crippen molar-refractivity contribution in [2.24, 2.45) is 5.92 Å². The highest BCUT2D eigenvalue weighted by Gasteiger charge is 2.37. The number of ketones is 1. The number of Topliss-reactive ketones (excluding diaryl/α,β-unsaturated/α-hetero) is 1. The van der Waals surface area contributed by atoms with E-state index < -0.39 is 0 Å². The van der Waals surface area contributed by atoms with Crippen molar-refractivity contribution < 1.29 is 4.79 Å². The molecule has 0 saturated carbocycles. The summed E-state index contributed by atoms with van der Waals surface area (Å²) in [5.41, 5.74) is 0.684. The van der Waals surface area contributed by atoms with Gasteiger partial charge in [0.1, 0.15) is 0 Å². The second-order valence-corrected chi connectivity index (χ2v) is 6.64. The SMILES string of the molecule is O=C(c1cnc(N2CCCC2)nc1)C1CC2CCC(C1)N2. The highest BCUT2D eigenvalue weighted by molar-refractivity contribution is 5.97. The lowest BCUT2D eigenvalue weighted by Gasteiger charge is -2.28. The largest absolute Gasteiger partial charge is 0.341 e. The predicted octanol–water partition coefficient (Wildman–Crippen LogP) is 1.79. The Hall–Kier alpha value is -1.49. The van der Waals surface area contributed by atoms with Gasteiger partial charge >= 0.3 is 0 Å². The van der Waals surface area contributed by atoms with Crippen molar-refractivity contribution in [3.63, 3.8) is 0 Å². The summed E-state index contributed by atoms with van der Waals surface area (Å²) in [5.74, 6) is 1.17. The first-order valence-corrected chi connectivity index (χ1v) is 8.17. The van der Waals surface area contributed by atoms with Crippen LogP contribution >= 0.6 is 0 Å². The summed E-state index contributed by atoms with van der Waals surface area (Å²) in [7, 11) is 0. The zero-order valence-electron chi connectivity index (χ0n) is 12.3. The molecule has 2 unspecified atom stereocenters. The summed E-state index contributed by atoms with van der Waals surface area (Å²) in [6.07, 6.45) is 10.3. The first-order chi connectivity index (χ1) is 10.3. The molecule has 1 aromatic heterocycles. The molecule has 21 heavy (non-hydrogen) atoms. The molecule has 3 fully saturated rings. The molecule has 0 amide bonds. The zero-order valence-corrected chi connectivity index (χ0v) is 12.3. The van der Waals surface area contributed by atoms with E-state index in [9.17, 15) is 4.79 Å². The highest BCUT2D eigenvalue weighted by atomic mass is 16.1. The Kier molecular flexibility index (Phi) is 3.37. The number of aromatic nitrogens is 2. The molecule has 0 aliphatic carbocycles. The van der Waals surface area contributed by atoms with Crippen LogP contribution in [0.15, 0.2) is 12.4 Å². The van der Waals surface area contributed by atoms with E-state index in [-0.39, 0.29) is 11.7 Å². The molecular formula is C16H22N4O. The van der Waals surface area contributed by atoms with E-state index in [1.807, 2.05) is 0 Å². The van der Waals surface area contributed by atoms with Gasteiger partial charge in [0.2, 0.25) is 5.95 Å². The maximum absolute atomic E-state index is 12.6. The molecule has 0 radical (unpaired) electrons. The molecule has 0 spiro atoms. The van der Waals surface area contributed by atoms with Crippen molar-refractivity contribution in [2.75, 3.05) is 18.0 Å². The fourth-order valence-electron chi connectivity index (χ4n) is 4.04. The van der Waals surface area contributed by atoms with E-state index in [0.29, 0.717) is 17.6 Å². The Bertz CT molecular complexity index is 512. The molecule has 4 heterocycles. The molecule has 3 aliphatic rings. The topological polar surface area (TPSA) is 58.1 Å². The number of hydrogen-bond acceptors (Lipinski definition) is 5. The highest BCUT2D eigenvalue weighted by Crippen LogP contribution is 2.32. The molecule has 112 valence electrons. The monoisotopic (exact) mass is 286 g/mol. The van der Waals surface area contributed by atoms with Crippen LogP contribution in [0.3, 0.4) is 0 Å². The smallest absolute Gasteiger partial charge is 0.225 e. The van der Waals surface area contributed by atoms with Crippen LogP contribution in [0.1, 0.15) is 48.9 Å². The van der Waals surface area contributed by atoms with Gasteiger partial charge in [0.15, 0.2) is 5.78 Å². The van der Waals surface area contributed by atoms with E-state index in [2.05, 4.69) is 20.2 Å². The first kappa shape index (κ1) is 13.2. The third-order valence-electron chi connectivity index (χ3n) is 5.16. The maximum atomic E-state index is 12.6. The summed E-state index contributed by atoms with van der Waals surface area (Å²) < 4.78 is 0. The molecule has 2 atom stereocenters. The van der Waals surface area contributed by atoms with Crippen LogP contribution < -0.4 is 10.2 Å². The van der Waals surface area contributed by atoms with Crippen LogP contribution in [0.25, 0.3) is 0 Å². The Balaban J connectivity index is 1.46. The van der Waals surface area contributed by atoms with E-state index in [0.717, 1.165) is 31.9 Å². The number of carbonyl (C=O) groups excluding carboxylic acids is 1. The van der Waals surface area contributed by atoms with Crippen LogP contribution in [0.4, 0.5) is 5.95 Å². The number of piperidine rings is 1. The average molecular weight is 286 g/mol. The van der Waals surface area contributed by atoms with E-state index in [1.165, 1.54) is 25.7 Å². The predicted molar refractivity (Wildman–Crippen MR) is 80.5 cm³/mol. The summed E-state index contributed by atoms with van der Waals surface area (Å²) in [4.78, 5) is 23.6. The second-order valence-electron chi connectivity index (χ2n) is 6.64. The lowest BCUT2D eigenvalue weighted by molar-refractivity contribution is 0.0875. The molecule has 5 nitrogen and oxygen atoms in total. The summed E-state index contributed by atoms with van der Waals surface area (Å²) in [5, 5.41) is 3.58. The van der Waals surface area contributed by atoms with Gasteiger partial charge in [-0.2, -0.15) is 0 Å². The summed E-state index contributed by atoms with van der Waals surface area (Å²) >= 11 is 0. The summed E-state index contributed by atoms with van der Waals surface area (Å²) in [6.45, 7) is 2.07. The number of carbonyl (C=O) groups is 1. The van der Waals surface area contributed by atoms with Gasteiger partial charge < -0.3 is 10.2 Å². The van der Waals surface area contributed by atoms with Gasteiger partial charge in [-0.1, -0.05) is 0 Å². The number of nitrogens with one attached hydrogen (secondary N) is 1. The van der Waals surface area contributed by atoms with Crippen molar-refractivity contribution in [3.8, 4) is 0 Å². The van der Waals surface area contributed by atoms with Gasteiger partial charge in [-0.15, -0.1) is 0 Å². The van der Waals surface area contributed by atoms with Crippen molar-refractivity contribution in [2.45, 2.75) is 50.6 Å². The van der Waals surface area contributed by atoms with Crippen LogP contribution in [-0.4, -0.2) is 40.9 Å². The van der Waals surface area contributed by atoms with Gasteiger partial charge in [-0.3, -0.25) is 4.79 Å². The van der Waals surface area contributed by atoms with Gasteiger partial charge in [0.25, 0.3) is 0 Å². The minimum atomic E-state index is 0.157. The maximum Gasteiger partial charge on any atom is 0.225 e. The van der Waals surface area contributed by atoms with Gasteiger partial charge in [-0.25, -0.2) is 9.97 Å². The van der Waals surface area contributed by atoms with Gasteiger partial charge in [0.05, 0.1) is 5.56 Å². The lowest BCUT2D eigenvalue weighted by atomic mass is 9.87. The Morgan fingerprint density at radius 2 is 1.71 bits per heavy atom. The van der Waals surface area contributed by atoms with Gasteiger partial charge in [-0.05, 0) is 38.5 Å². The Morgan fingerprint density at radius 1 is 1.10 bits per heavy atom. The van der Waals surface area contributed by atoms with Crippen molar-refractivity contribution in [1.82, 2.24) is 15.3 Å². The van der Waals surface area contributed by atoms with E-state index in [4.69, 9.17) is 0 Å². The lowest BCUT2D eigenvalue weighted by Crippen LogP contribution is -2.40. The third-order valence-corrected chi connectivity index (χ3v) is 5.16. The molecule has 3 aliphatic heterocycles. The van der Waals surface area contributed by atoms with Crippen LogP contribution in [-0.2, 0) is 0 Å². The second kappa shape index (κ2) is 5.37. The molecule has 4 rings (SSSR count). The summed E-state index contributed by atoms with van der Waals surface area (Å²) in [6, 6.07) is 1.09. The van der Waals surface area contributed by atoms with Gasteiger partial charge in [0, 0.05) is 43.5 Å². The third kappa shape index (κ3) is 2.55. The molecule has 5 heteroatoms. The number of nitrogens with zero attached hydrogens (tertiary/aromatic N) is 3. The quantitative estimate of drug-likeness (QED) is 0.859. The number of rotatable bonds is 3. The first-order valence-electron chi connectivity index (χ1n) is 8.17. The van der Waals surface area contributed by atoms with Crippen molar-refractivity contribution in [3.05, 3.63) is 18.0 Å². The van der Waals surface area contributed by atoms with E-state index >= 15 is 0 Å². The number of fused-ring (bicyclic) bond motifs is 2. The fourth-order valence-corrected chi connectivity index (χ4v) is 4.04. The normalized spacial score (nSPS) is 31.6. The minimum absolute atomic E-state index is 0.157. The molecule has 3 saturated heterocycles. The fraction of sp³-hybridized carbons (Fsp3) is 0.688. The molecule has 2 bridgehead atoms. The number of anilines is 1. The van der Waals surface area contributed by atoms with Crippen LogP contribution in [0.5, 0.6) is 0 Å². The molecule has 1 aromatic rings. The van der Waals surface area contributed by atoms with Crippen LogP contribution in [0.2, 0.25) is 0 Å².